The van der Waals surface area contributed by atoms with E-state index in [1.165, 1.54) is 28.6 Å². The topological polar surface area (TPSA) is 67.2 Å². The minimum Gasteiger partial charge on any atom is -0.322 e. The standard InChI is InChI=1S/C22H21FN4O2/c23-18-8-4-5-9-19(18)25-21(28)14-27-15-24-20-13-26(11-10-17(20)22(27)29)12-16-6-2-1-3-7-16/h1-9,15H,10-14H2,(H,25,28). The van der Waals surface area contributed by atoms with Gasteiger partial charge in [0.15, 0.2) is 0 Å². The smallest absolute Gasteiger partial charge is 0.257 e. The molecule has 0 radical (unpaired) electrons. The van der Waals surface area contributed by atoms with E-state index in [1.807, 2.05) is 18.2 Å². The van der Waals surface area contributed by atoms with Gasteiger partial charge in [0, 0.05) is 25.2 Å². The molecule has 0 spiro atoms. The number of para-hydroxylation sites is 1. The fourth-order valence-electron chi connectivity index (χ4n) is 3.51. The van der Waals surface area contributed by atoms with Crippen LogP contribution in [0.1, 0.15) is 16.8 Å². The molecule has 1 amide bonds. The summed E-state index contributed by atoms with van der Waals surface area (Å²) in [6, 6.07) is 16.1. The zero-order valence-corrected chi connectivity index (χ0v) is 15.8. The molecule has 0 bridgehead atoms. The lowest BCUT2D eigenvalue weighted by atomic mass is 10.1. The van der Waals surface area contributed by atoms with Gasteiger partial charge in [0.05, 0.1) is 17.7 Å². The Morgan fingerprint density at radius 1 is 1.10 bits per heavy atom. The molecule has 0 aliphatic carbocycles. The Labute approximate surface area is 167 Å². The van der Waals surface area contributed by atoms with Crippen LogP contribution in [0.2, 0.25) is 0 Å². The van der Waals surface area contributed by atoms with E-state index in [2.05, 4.69) is 27.3 Å². The second kappa shape index (κ2) is 8.36. The molecule has 6 nitrogen and oxygen atoms in total. The van der Waals surface area contributed by atoms with Crippen molar-refractivity contribution in [1.82, 2.24) is 14.5 Å². The normalized spacial score (nSPS) is 13.7. The summed E-state index contributed by atoms with van der Waals surface area (Å²) in [4.78, 5) is 31.7. The Morgan fingerprint density at radius 2 is 1.86 bits per heavy atom. The van der Waals surface area contributed by atoms with Crippen molar-refractivity contribution in [3.63, 3.8) is 0 Å². The zero-order chi connectivity index (χ0) is 20.2. The van der Waals surface area contributed by atoms with E-state index < -0.39 is 11.7 Å². The number of hydrogen-bond acceptors (Lipinski definition) is 4. The second-order valence-electron chi connectivity index (χ2n) is 7.08. The maximum absolute atomic E-state index is 13.7. The molecule has 0 saturated carbocycles. The van der Waals surface area contributed by atoms with Crippen molar-refractivity contribution >= 4 is 11.6 Å². The number of benzene rings is 2. The van der Waals surface area contributed by atoms with Crippen molar-refractivity contribution in [3.05, 3.63) is 93.9 Å². The maximum Gasteiger partial charge on any atom is 0.257 e. The molecule has 7 heteroatoms. The lowest BCUT2D eigenvalue weighted by molar-refractivity contribution is -0.116. The van der Waals surface area contributed by atoms with Gasteiger partial charge in [0.25, 0.3) is 5.56 Å². The number of nitrogens with zero attached hydrogens (tertiary/aromatic N) is 3. The molecule has 0 unspecified atom stereocenters. The summed E-state index contributed by atoms with van der Waals surface area (Å²) in [6.45, 7) is 1.95. The fraction of sp³-hybridized carbons (Fsp3) is 0.227. The number of hydrogen-bond donors (Lipinski definition) is 1. The van der Waals surface area contributed by atoms with Gasteiger partial charge in [-0.25, -0.2) is 9.37 Å². The molecule has 29 heavy (non-hydrogen) atoms. The molecule has 1 N–H and O–H groups in total. The van der Waals surface area contributed by atoms with Gasteiger partial charge in [0.2, 0.25) is 5.91 Å². The fourth-order valence-corrected chi connectivity index (χ4v) is 3.51. The summed E-state index contributed by atoms with van der Waals surface area (Å²) < 4.78 is 15.0. The molecule has 1 aliphatic rings. The lowest BCUT2D eigenvalue weighted by Crippen LogP contribution is -2.38. The average Bonchev–Trinajstić information content (AvgIpc) is 2.73. The molecular formula is C22H21FN4O2. The first-order valence-electron chi connectivity index (χ1n) is 9.48. The van der Waals surface area contributed by atoms with E-state index in [0.717, 1.165) is 18.8 Å². The minimum absolute atomic E-state index is 0.0908. The molecule has 148 valence electrons. The first-order valence-corrected chi connectivity index (χ1v) is 9.48. The van der Waals surface area contributed by atoms with Gasteiger partial charge in [-0.2, -0.15) is 0 Å². The van der Waals surface area contributed by atoms with Gasteiger partial charge in [-0.05, 0) is 24.1 Å². The maximum atomic E-state index is 13.7. The van der Waals surface area contributed by atoms with Crippen molar-refractivity contribution in [2.45, 2.75) is 26.1 Å². The number of carbonyl (C=O) groups excluding carboxylic acids is 1. The van der Waals surface area contributed by atoms with Crippen LogP contribution in [0.4, 0.5) is 10.1 Å². The van der Waals surface area contributed by atoms with Crippen LogP contribution in [-0.4, -0.2) is 26.9 Å². The largest absolute Gasteiger partial charge is 0.322 e. The number of carbonyl (C=O) groups is 1. The summed E-state index contributed by atoms with van der Waals surface area (Å²) in [6.07, 6.45) is 1.98. The Hall–Kier alpha value is -3.32. The van der Waals surface area contributed by atoms with Crippen LogP contribution in [0.3, 0.4) is 0 Å². The zero-order valence-electron chi connectivity index (χ0n) is 15.8. The van der Waals surface area contributed by atoms with E-state index in [9.17, 15) is 14.0 Å². The van der Waals surface area contributed by atoms with E-state index >= 15 is 0 Å². The molecule has 0 atom stereocenters. The van der Waals surface area contributed by atoms with Crippen LogP contribution in [0.25, 0.3) is 0 Å². The summed E-state index contributed by atoms with van der Waals surface area (Å²) in [5, 5.41) is 2.49. The third kappa shape index (κ3) is 4.41. The van der Waals surface area contributed by atoms with Crippen molar-refractivity contribution in [2.75, 3.05) is 11.9 Å². The molecule has 2 aromatic carbocycles. The number of aromatic nitrogens is 2. The molecule has 3 aromatic rings. The highest BCUT2D eigenvalue weighted by molar-refractivity contribution is 5.90. The number of halogens is 1. The highest BCUT2D eigenvalue weighted by Crippen LogP contribution is 2.16. The van der Waals surface area contributed by atoms with Crippen LogP contribution in [0.5, 0.6) is 0 Å². The third-order valence-corrected chi connectivity index (χ3v) is 4.98. The van der Waals surface area contributed by atoms with E-state index in [4.69, 9.17) is 0 Å². The van der Waals surface area contributed by atoms with Gasteiger partial charge in [-0.3, -0.25) is 19.1 Å². The first kappa shape index (κ1) is 19.0. The molecule has 0 fully saturated rings. The van der Waals surface area contributed by atoms with Gasteiger partial charge < -0.3 is 5.32 Å². The molecule has 2 heterocycles. The third-order valence-electron chi connectivity index (χ3n) is 4.98. The highest BCUT2D eigenvalue weighted by atomic mass is 19.1. The van der Waals surface area contributed by atoms with Gasteiger partial charge >= 0.3 is 0 Å². The minimum atomic E-state index is -0.518. The Balaban J connectivity index is 1.45. The van der Waals surface area contributed by atoms with E-state index in [0.29, 0.717) is 18.5 Å². The van der Waals surface area contributed by atoms with Gasteiger partial charge in [-0.15, -0.1) is 0 Å². The molecule has 4 rings (SSSR count). The summed E-state index contributed by atoms with van der Waals surface area (Å²) >= 11 is 0. The van der Waals surface area contributed by atoms with Crippen LogP contribution in [-0.2, 0) is 30.8 Å². The molecule has 0 saturated heterocycles. The lowest BCUT2D eigenvalue weighted by Gasteiger charge is -2.27. The SMILES string of the molecule is O=C(Cn1cnc2c(c1=O)CCN(Cc1ccccc1)C2)Nc1ccccc1F. The van der Waals surface area contributed by atoms with Crippen molar-refractivity contribution in [1.29, 1.82) is 0 Å². The number of rotatable bonds is 5. The molecular weight excluding hydrogens is 371 g/mol. The van der Waals surface area contributed by atoms with Gasteiger partial charge in [-0.1, -0.05) is 42.5 Å². The van der Waals surface area contributed by atoms with Crippen LogP contribution < -0.4 is 10.9 Å². The number of amides is 1. The predicted molar refractivity (Wildman–Crippen MR) is 108 cm³/mol. The molecule has 1 aliphatic heterocycles. The van der Waals surface area contributed by atoms with Crippen LogP contribution in [0.15, 0.2) is 65.7 Å². The van der Waals surface area contributed by atoms with Crippen LogP contribution >= 0.6 is 0 Å². The second-order valence-corrected chi connectivity index (χ2v) is 7.08. The molecule has 1 aromatic heterocycles. The summed E-state index contributed by atoms with van der Waals surface area (Å²) in [5.41, 5.74) is 2.50. The quantitative estimate of drug-likeness (QED) is 0.725. The Bertz CT molecular complexity index is 1080. The monoisotopic (exact) mass is 392 g/mol. The summed E-state index contributed by atoms with van der Waals surface area (Å²) in [7, 11) is 0. The summed E-state index contributed by atoms with van der Waals surface area (Å²) in [5.74, 6) is -0.990. The van der Waals surface area contributed by atoms with E-state index in [1.54, 1.807) is 12.1 Å². The number of anilines is 1. The first-order chi connectivity index (χ1) is 14.1. The number of nitrogens with one attached hydrogen (secondary N) is 1. The van der Waals surface area contributed by atoms with Crippen molar-refractivity contribution in [2.24, 2.45) is 0 Å². The van der Waals surface area contributed by atoms with Crippen molar-refractivity contribution in [3.8, 4) is 0 Å². The Kier molecular flexibility index (Phi) is 5.48. The number of fused-ring (bicyclic) bond motifs is 1. The van der Waals surface area contributed by atoms with Gasteiger partial charge in [0.1, 0.15) is 12.4 Å². The van der Waals surface area contributed by atoms with E-state index in [-0.39, 0.29) is 17.8 Å². The Morgan fingerprint density at radius 3 is 2.66 bits per heavy atom. The van der Waals surface area contributed by atoms with Crippen LogP contribution in [0, 0.1) is 5.82 Å². The predicted octanol–water partition coefficient (Wildman–Crippen LogP) is 2.58. The average molecular weight is 392 g/mol. The van der Waals surface area contributed by atoms with Crippen molar-refractivity contribution < 1.29 is 9.18 Å². The highest BCUT2D eigenvalue weighted by Gasteiger charge is 2.21.